The molecule has 1 heterocycles. The maximum Gasteiger partial charge on any atom is 0.220 e. The summed E-state index contributed by atoms with van der Waals surface area (Å²) in [5.74, 6) is 0.621. The van der Waals surface area contributed by atoms with Crippen LogP contribution in [0.5, 0.6) is 0 Å². The molecule has 5 heteroatoms. The van der Waals surface area contributed by atoms with Crippen LogP contribution in [0.3, 0.4) is 0 Å². The zero-order chi connectivity index (χ0) is 12.7. The molecule has 96 valence electrons. The van der Waals surface area contributed by atoms with Crippen molar-refractivity contribution in [3.05, 3.63) is 22.4 Å². The molecule has 0 aliphatic rings. The van der Waals surface area contributed by atoms with E-state index in [-0.39, 0.29) is 5.91 Å². The van der Waals surface area contributed by atoms with Crippen LogP contribution in [0.1, 0.15) is 18.9 Å². The van der Waals surface area contributed by atoms with Gasteiger partial charge in [-0.05, 0) is 42.0 Å². The van der Waals surface area contributed by atoms with Gasteiger partial charge in [0.2, 0.25) is 5.91 Å². The Bertz CT molecular complexity index is 336. The van der Waals surface area contributed by atoms with Crippen molar-refractivity contribution in [3.8, 4) is 0 Å². The standard InChI is InChI=1S/C12H19NO2S2/c1-12(15,9-16-2)8-13-11(14)4-3-10-5-6-17-7-10/h5-7,15H,3-4,8-9H2,1-2H3,(H,13,14)/t12-/m0/s1. The van der Waals surface area contributed by atoms with Gasteiger partial charge in [-0.2, -0.15) is 23.1 Å². The lowest BCUT2D eigenvalue weighted by atomic mass is 10.1. The molecule has 0 aromatic carbocycles. The van der Waals surface area contributed by atoms with E-state index in [9.17, 15) is 9.90 Å². The molecule has 0 bridgehead atoms. The summed E-state index contributed by atoms with van der Waals surface area (Å²) in [7, 11) is 0. The van der Waals surface area contributed by atoms with Gasteiger partial charge in [0.15, 0.2) is 0 Å². The molecule has 1 amide bonds. The first-order valence-corrected chi connectivity index (χ1v) is 7.86. The van der Waals surface area contributed by atoms with Crippen molar-refractivity contribution in [3.63, 3.8) is 0 Å². The maximum atomic E-state index is 11.6. The molecular weight excluding hydrogens is 254 g/mol. The Kier molecular flexibility index (Phi) is 6.02. The first-order valence-electron chi connectivity index (χ1n) is 5.52. The van der Waals surface area contributed by atoms with Gasteiger partial charge in [0, 0.05) is 18.7 Å². The molecule has 0 saturated heterocycles. The zero-order valence-corrected chi connectivity index (χ0v) is 11.9. The molecule has 0 aliphatic heterocycles. The normalized spacial score (nSPS) is 14.3. The van der Waals surface area contributed by atoms with E-state index in [4.69, 9.17) is 0 Å². The number of amides is 1. The lowest BCUT2D eigenvalue weighted by Crippen LogP contribution is -2.42. The van der Waals surface area contributed by atoms with Gasteiger partial charge in [-0.1, -0.05) is 0 Å². The highest BCUT2D eigenvalue weighted by atomic mass is 32.2. The third-order valence-electron chi connectivity index (χ3n) is 2.34. The largest absolute Gasteiger partial charge is 0.387 e. The van der Waals surface area contributed by atoms with Crippen LogP contribution in [-0.4, -0.2) is 35.2 Å². The lowest BCUT2D eigenvalue weighted by Gasteiger charge is -2.22. The molecular formula is C12H19NO2S2. The molecule has 2 N–H and O–H groups in total. The van der Waals surface area contributed by atoms with E-state index < -0.39 is 5.60 Å². The second-order valence-electron chi connectivity index (χ2n) is 4.34. The van der Waals surface area contributed by atoms with Crippen molar-refractivity contribution in [2.45, 2.75) is 25.4 Å². The van der Waals surface area contributed by atoms with Crippen molar-refractivity contribution >= 4 is 29.0 Å². The average Bonchev–Trinajstić information content (AvgIpc) is 2.76. The number of nitrogens with one attached hydrogen (secondary N) is 1. The van der Waals surface area contributed by atoms with Crippen molar-refractivity contribution < 1.29 is 9.90 Å². The number of thioether (sulfide) groups is 1. The van der Waals surface area contributed by atoms with Crippen LogP contribution >= 0.6 is 23.1 Å². The number of carbonyl (C=O) groups excluding carboxylic acids is 1. The van der Waals surface area contributed by atoms with Crippen LogP contribution in [0, 0.1) is 0 Å². The maximum absolute atomic E-state index is 11.6. The monoisotopic (exact) mass is 273 g/mol. The van der Waals surface area contributed by atoms with Gasteiger partial charge in [0.25, 0.3) is 0 Å². The van der Waals surface area contributed by atoms with E-state index in [1.807, 2.05) is 17.7 Å². The molecule has 17 heavy (non-hydrogen) atoms. The third-order valence-corrected chi connectivity index (χ3v) is 3.99. The highest BCUT2D eigenvalue weighted by Crippen LogP contribution is 2.10. The molecule has 0 saturated carbocycles. The van der Waals surface area contributed by atoms with Gasteiger partial charge >= 0.3 is 0 Å². The van der Waals surface area contributed by atoms with Crippen molar-refractivity contribution in [2.24, 2.45) is 0 Å². The predicted octanol–water partition coefficient (Wildman–Crippen LogP) is 1.91. The number of hydrogen-bond donors (Lipinski definition) is 2. The molecule has 0 radical (unpaired) electrons. The molecule has 1 atom stereocenters. The Hall–Kier alpha value is -0.520. The molecule has 0 spiro atoms. The Balaban J connectivity index is 2.21. The number of carbonyl (C=O) groups is 1. The minimum atomic E-state index is -0.822. The van der Waals surface area contributed by atoms with Gasteiger partial charge in [-0.3, -0.25) is 4.79 Å². The quantitative estimate of drug-likeness (QED) is 0.798. The number of hydrogen-bond acceptors (Lipinski definition) is 4. The second kappa shape index (κ2) is 7.03. The summed E-state index contributed by atoms with van der Waals surface area (Å²) in [5.41, 5.74) is 0.373. The molecule has 1 aromatic rings. The van der Waals surface area contributed by atoms with E-state index >= 15 is 0 Å². The van der Waals surface area contributed by atoms with Crippen LogP contribution in [0.15, 0.2) is 16.8 Å². The first kappa shape index (κ1) is 14.5. The zero-order valence-electron chi connectivity index (χ0n) is 10.2. The Morgan fingerprint density at radius 3 is 3.00 bits per heavy atom. The average molecular weight is 273 g/mol. The van der Waals surface area contributed by atoms with Gasteiger partial charge in [-0.25, -0.2) is 0 Å². The van der Waals surface area contributed by atoms with Gasteiger partial charge in [0.1, 0.15) is 0 Å². The number of thiophene rings is 1. The minimum absolute atomic E-state index is 0.00224. The predicted molar refractivity (Wildman–Crippen MR) is 74.7 cm³/mol. The topological polar surface area (TPSA) is 49.3 Å². The fraction of sp³-hybridized carbons (Fsp3) is 0.583. The van der Waals surface area contributed by atoms with Crippen LogP contribution in [-0.2, 0) is 11.2 Å². The number of aliphatic hydroxyl groups is 1. The van der Waals surface area contributed by atoms with Crippen LogP contribution < -0.4 is 5.32 Å². The van der Waals surface area contributed by atoms with Crippen LogP contribution in [0.2, 0.25) is 0 Å². The van der Waals surface area contributed by atoms with E-state index in [0.717, 1.165) is 6.42 Å². The fourth-order valence-corrected chi connectivity index (χ4v) is 2.86. The highest BCUT2D eigenvalue weighted by Gasteiger charge is 2.20. The van der Waals surface area contributed by atoms with Crippen LogP contribution in [0.4, 0.5) is 0 Å². The summed E-state index contributed by atoms with van der Waals surface area (Å²) in [6.45, 7) is 2.05. The van der Waals surface area contributed by atoms with Crippen molar-refractivity contribution in [1.82, 2.24) is 5.32 Å². The summed E-state index contributed by atoms with van der Waals surface area (Å²) in [6, 6.07) is 2.03. The molecule has 1 rings (SSSR count). The summed E-state index contributed by atoms with van der Waals surface area (Å²) in [6.07, 6.45) is 3.18. The molecule has 0 aliphatic carbocycles. The third kappa shape index (κ3) is 6.10. The molecule has 1 aromatic heterocycles. The summed E-state index contributed by atoms with van der Waals surface area (Å²) < 4.78 is 0. The number of rotatable bonds is 7. The molecule has 0 fully saturated rings. The molecule has 3 nitrogen and oxygen atoms in total. The second-order valence-corrected chi connectivity index (χ2v) is 5.98. The Labute approximate surface area is 111 Å². The van der Waals surface area contributed by atoms with Crippen molar-refractivity contribution in [2.75, 3.05) is 18.6 Å². The van der Waals surface area contributed by atoms with E-state index in [1.165, 1.54) is 5.56 Å². The highest BCUT2D eigenvalue weighted by molar-refractivity contribution is 7.98. The summed E-state index contributed by atoms with van der Waals surface area (Å²) in [5, 5.41) is 16.7. The van der Waals surface area contributed by atoms with Gasteiger partial charge < -0.3 is 10.4 Å². The smallest absolute Gasteiger partial charge is 0.220 e. The van der Waals surface area contributed by atoms with E-state index in [1.54, 1.807) is 30.0 Å². The first-order chi connectivity index (χ1) is 8.03. The summed E-state index contributed by atoms with van der Waals surface area (Å²) in [4.78, 5) is 11.6. The number of aryl methyl sites for hydroxylation is 1. The molecule has 0 unspecified atom stereocenters. The Morgan fingerprint density at radius 1 is 1.65 bits per heavy atom. The van der Waals surface area contributed by atoms with Gasteiger partial charge in [0.05, 0.1) is 5.60 Å². The lowest BCUT2D eigenvalue weighted by molar-refractivity contribution is -0.122. The van der Waals surface area contributed by atoms with Gasteiger partial charge in [-0.15, -0.1) is 0 Å². The Morgan fingerprint density at radius 2 is 2.41 bits per heavy atom. The SMILES string of the molecule is CSC[C@@](C)(O)CNC(=O)CCc1ccsc1. The summed E-state index contributed by atoms with van der Waals surface area (Å²) >= 11 is 3.21. The minimum Gasteiger partial charge on any atom is -0.387 e. The van der Waals surface area contributed by atoms with E-state index in [2.05, 4.69) is 10.7 Å². The van der Waals surface area contributed by atoms with E-state index in [0.29, 0.717) is 18.7 Å². The fourth-order valence-electron chi connectivity index (χ4n) is 1.43. The van der Waals surface area contributed by atoms with Crippen molar-refractivity contribution in [1.29, 1.82) is 0 Å². The van der Waals surface area contributed by atoms with Crippen LogP contribution in [0.25, 0.3) is 0 Å².